The van der Waals surface area contributed by atoms with E-state index in [0.29, 0.717) is 12.1 Å². The molecule has 0 aliphatic carbocycles. The molecule has 1 atom stereocenters. The Hall–Kier alpha value is -1.14. The average Bonchev–Trinajstić information content (AvgIpc) is 2.59. The van der Waals surface area contributed by atoms with Gasteiger partial charge in [-0.05, 0) is 18.6 Å². The first-order chi connectivity index (χ1) is 7.96. The SMILES string of the molecule is O=C(Nc1ccnc(Cl)c1)C1CCS(=O)(=O)C1. The Morgan fingerprint density at radius 2 is 2.29 bits per heavy atom. The molecule has 2 rings (SSSR count). The Bertz CT molecular complexity index is 544. The molecule has 7 heteroatoms. The fraction of sp³-hybridized carbons (Fsp3) is 0.400. The molecule has 0 spiro atoms. The molecule has 1 aliphatic rings. The summed E-state index contributed by atoms with van der Waals surface area (Å²) >= 11 is 5.67. The Kier molecular flexibility index (Phi) is 3.35. The molecule has 0 radical (unpaired) electrons. The molecule has 1 saturated heterocycles. The predicted octanol–water partition coefficient (Wildman–Crippen LogP) is 1.11. The average molecular weight is 275 g/mol. The lowest BCUT2D eigenvalue weighted by atomic mass is 10.1. The van der Waals surface area contributed by atoms with Gasteiger partial charge in [0.2, 0.25) is 5.91 Å². The Morgan fingerprint density at radius 1 is 1.53 bits per heavy atom. The highest BCUT2D eigenvalue weighted by molar-refractivity contribution is 7.91. The lowest BCUT2D eigenvalue weighted by molar-refractivity contribution is -0.119. The maximum atomic E-state index is 11.8. The third-order valence-electron chi connectivity index (χ3n) is 2.60. The second-order valence-corrected chi connectivity index (χ2v) is 6.57. The van der Waals surface area contributed by atoms with Crippen molar-refractivity contribution in [3.8, 4) is 0 Å². The Balaban J connectivity index is 2.03. The zero-order valence-corrected chi connectivity index (χ0v) is 10.5. The highest BCUT2D eigenvalue weighted by Crippen LogP contribution is 2.21. The second kappa shape index (κ2) is 4.62. The Labute approximate surface area is 104 Å². The minimum absolute atomic E-state index is 0.0718. The quantitative estimate of drug-likeness (QED) is 0.820. The van der Waals surface area contributed by atoms with E-state index < -0.39 is 15.8 Å². The van der Waals surface area contributed by atoms with Crippen LogP contribution in [0.15, 0.2) is 18.3 Å². The van der Waals surface area contributed by atoms with Gasteiger partial charge in [-0.1, -0.05) is 11.6 Å². The molecule has 0 aromatic carbocycles. The van der Waals surface area contributed by atoms with Crippen LogP contribution in [0.25, 0.3) is 0 Å². The molecule has 0 saturated carbocycles. The number of hydrogen-bond donors (Lipinski definition) is 1. The van der Waals surface area contributed by atoms with Crippen LogP contribution in [0.2, 0.25) is 5.15 Å². The summed E-state index contributed by atoms with van der Waals surface area (Å²) in [7, 11) is -3.04. The molecule has 1 aromatic rings. The predicted molar refractivity (Wildman–Crippen MR) is 64.6 cm³/mol. The number of carbonyl (C=O) groups excluding carboxylic acids is 1. The van der Waals surface area contributed by atoms with Crippen molar-refractivity contribution in [2.24, 2.45) is 5.92 Å². The summed E-state index contributed by atoms with van der Waals surface area (Å²) in [5.74, 6) is -0.736. The summed E-state index contributed by atoms with van der Waals surface area (Å²) in [4.78, 5) is 15.6. The van der Waals surface area contributed by atoms with Gasteiger partial charge in [0.25, 0.3) is 0 Å². The molecule has 1 N–H and O–H groups in total. The molecular weight excluding hydrogens is 264 g/mol. The first-order valence-electron chi connectivity index (χ1n) is 5.09. The zero-order chi connectivity index (χ0) is 12.5. The van der Waals surface area contributed by atoms with Gasteiger partial charge in [-0.15, -0.1) is 0 Å². The topological polar surface area (TPSA) is 76.1 Å². The van der Waals surface area contributed by atoms with Gasteiger partial charge in [0, 0.05) is 11.9 Å². The maximum absolute atomic E-state index is 11.8. The van der Waals surface area contributed by atoms with Gasteiger partial charge in [0.15, 0.2) is 9.84 Å². The van der Waals surface area contributed by atoms with Crippen molar-refractivity contribution < 1.29 is 13.2 Å². The van der Waals surface area contributed by atoms with Gasteiger partial charge in [0.05, 0.1) is 17.4 Å². The molecular formula is C10H11ClN2O3S. The number of carbonyl (C=O) groups is 1. The van der Waals surface area contributed by atoms with Crippen molar-refractivity contribution in [2.75, 3.05) is 16.8 Å². The number of amides is 1. The van der Waals surface area contributed by atoms with Crippen LogP contribution in [0.5, 0.6) is 0 Å². The third kappa shape index (κ3) is 3.17. The van der Waals surface area contributed by atoms with E-state index in [4.69, 9.17) is 11.6 Å². The van der Waals surface area contributed by atoms with Crippen LogP contribution in [0, 0.1) is 5.92 Å². The molecule has 1 aromatic heterocycles. The first kappa shape index (κ1) is 12.3. The van der Waals surface area contributed by atoms with Crippen LogP contribution in [-0.2, 0) is 14.6 Å². The summed E-state index contributed by atoms with van der Waals surface area (Å²) in [6.45, 7) is 0. The summed E-state index contributed by atoms with van der Waals surface area (Å²) < 4.78 is 22.5. The van der Waals surface area contributed by atoms with Crippen molar-refractivity contribution in [3.63, 3.8) is 0 Å². The number of halogens is 1. The summed E-state index contributed by atoms with van der Waals surface area (Å²) in [5, 5.41) is 2.91. The molecule has 1 aliphatic heterocycles. The van der Waals surface area contributed by atoms with E-state index in [1.165, 1.54) is 12.3 Å². The van der Waals surface area contributed by atoms with E-state index in [0.717, 1.165) is 0 Å². The molecule has 1 amide bonds. The zero-order valence-electron chi connectivity index (χ0n) is 8.89. The van der Waals surface area contributed by atoms with Crippen molar-refractivity contribution in [1.82, 2.24) is 4.98 Å². The Morgan fingerprint density at radius 3 is 2.88 bits per heavy atom. The van der Waals surface area contributed by atoms with Crippen LogP contribution in [0.3, 0.4) is 0 Å². The number of pyridine rings is 1. The highest BCUT2D eigenvalue weighted by atomic mass is 35.5. The number of aromatic nitrogens is 1. The maximum Gasteiger partial charge on any atom is 0.228 e. The van der Waals surface area contributed by atoms with E-state index in [9.17, 15) is 13.2 Å². The third-order valence-corrected chi connectivity index (χ3v) is 4.57. The molecule has 5 nitrogen and oxygen atoms in total. The first-order valence-corrected chi connectivity index (χ1v) is 7.29. The van der Waals surface area contributed by atoms with E-state index >= 15 is 0 Å². The molecule has 1 fully saturated rings. The fourth-order valence-electron chi connectivity index (χ4n) is 1.73. The summed E-state index contributed by atoms with van der Waals surface area (Å²) in [6.07, 6.45) is 1.86. The fourth-order valence-corrected chi connectivity index (χ4v) is 3.64. The molecule has 0 bridgehead atoms. The van der Waals surface area contributed by atoms with Gasteiger partial charge in [-0.2, -0.15) is 0 Å². The van der Waals surface area contributed by atoms with Gasteiger partial charge >= 0.3 is 0 Å². The van der Waals surface area contributed by atoms with E-state index in [-0.39, 0.29) is 22.6 Å². The minimum atomic E-state index is -3.04. The number of rotatable bonds is 2. The normalized spacial score (nSPS) is 22.3. The number of nitrogens with one attached hydrogen (secondary N) is 1. The molecule has 2 heterocycles. The van der Waals surface area contributed by atoms with E-state index in [1.807, 2.05) is 0 Å². The van der Waals surface area contributed by atoms with Crippen molar-refractivity contribution in [2.45, 2.75) is 6.42 Å². The standard InChI is InChI=1S/C10H11ClN2O3S/c11-9-5-8(1-3-12-9)13-10(14)7-2-4-17(15,16)6-7/h1,3,5,7H,2,4,6H2,(H,12,13,14). The summed E-state index contributed by atoms with van der Waals surface area (Å²) in [5.41, 5.74) is 0.527. The van der Waals surface area contributed by atoms with Gasteiger partial charge in [0.1, 0.15) is 5.15 Å². The van der Waals surface area contributed by atoms with Crippen LogP contribution in [0.4, 0.5) is 5.69 Å². The number of anilines is 1. The van der Waals surface area contributed by atoms with Crippen LogP contribution in [-0.4, -0.2) is 30.8 Å². The number of sulfone groups is 1. The highest BCUT2D eigenvalue weighted by Gasteiger charge is 2.32. The van der Waals surface area contributed by atoms with Crippen molar-refractivity contribution in [3.05, 3.63) is 23.5 Å². The minimum Gasteiger partial charge on any atom is -0.326 e. The van der Waals surface area contributed by atoms with Crippen LogP contribution >= 0.6 is 11.6 Å². The smallest absolute Gasteiger partial charge is 0.228 e. The molecule has 1 unspecified atom stereocenters. The number of hydrogen-bond acceptors (Lipinski definition) is 4. The largest absolute Gasteiger partial charge is 0.326 e. The van der Waals surface area contributed by atoms with Gasteiger partial charge in [-0.25, -0.2) is 13.4 Å². The van der Waals surface area contributed by atoms with Crippen LogP contribution in [0.1, 0.15) is 6.42 Å². The van der Waals surface area contributed by atoms with E-state index in [2.05, 4.69) is 10.3 Å². The van der Waals surface area contributed by atoms with Crippen molar-refractivity contribution >= 4 is 33.0 Å². The van der Waals surface area contributed by atoms with Gasteiger partial charge in [-0.3, -0.25) is 4.79 Å². The lowest BCUT2D eigenvalue weighted by Gasteiger charge is -2.09. The molecule has 17 heavy (non-hydrogen) atoms. The van der Waals surface area contributed by atoms with E-state index in [1.54, 1.807) is 6.07 Å². The molecule has 92 valence electrons. The second-order valence-electron chi connectivity index (χ2n) is 3.96. The monoisotopic (exact) mass is 274 g/mol. The van der Waals surface area contributed by atoms with Crippen LogP contribution < -0.4 is 5.32 Å². The lowest BCUT2D eigenvalue weighted by Crippen LogP contribution is -2.23. The van der Waals surface area contributed by atoms with Crippen molar-refractivity contribution in [1.29, 1.82) is 0 Å². The summed E-state index contributed by atoms with van der Waals surface area (Å²) in [6, 6.07) is 3.12. The van der Waals surface area contributed by atoms with Gasteiger partial charge < -0.3 is 5.32 Å². The number of nitrogens with zero attached hydrogens (tertiary/aromatic N) is 1.